The third kappa shape index (κ3) is 4.55. The van der Waals surface area contributed by atoms with Crippen LogP contribution in [0, 0.1) is 23.7 Å². The lowest BCUT2D eigenvalue weighted by molar-refractivity contribution is -0.181. The summed E-state index contributed by atoms with van der Waals surface area (Å²) in [6.07, 6.45) is 2.17. The molecule has 1 saturated heterocycles. The van der Waals surface area contributed by atoms with E-state index in [9.17, 15) is 34.2 Å². The maximum absolute atomic E-state index is 14.2. The van der Waals surface area contributed by atoms with Crippen LogP contribution in [0.4, 0.5) is 5.69 Å². The van der Waals surface area contributed by atoms with E-state index in [0.29, 0.717) is 17.7 Å². The summed E-state index contributed by atoms with van der Waals surface area (Å²) in [5.74, 6) is -10.3. The number of nitrogens with one attached hydrogen (secondary N) is 1. The van der Waals surface area contributed by atoms with E-state index in [-0.39, 0.29) is 30.2 Å². The van der Waals surface area contributed by atoms with E-state index in [1.54, 1.807) is 14.1 Å². The van der Waals surface area contributed by atoms with E-state index in [4.69, 9.17) is 5.73 Å². The molecule has 12 heteroatoms. The van der Waals surface area contributed by atoms with Crippen molar-refractivity contribution in [1.82, 2.24) is 15.1 Å². The zero-order chi connectivity index (χ0) is 30.8. The summed E-state index contributed by atoms with van der Waals surface area (Å²) < 4.78 is 0. The van der Waals surface area contributed by atoms with Gasteiger partial charge in [0.15, 0.2) is 34.7 Å². The van der Waals surface area contributed by atoms with Crippen LogP contribution in [0.1, 0.15) is 40.7 Å². The molecule has 4 aliphatic rings. The fourth-order valence-corrected chi connectivity index (χ4v) is 7.71. The van der Waals surface area contributed by atoms with Gasteiger partial charge in [-0.15, -0.1) is 0 Å². The van der Waals surface area contributed by atoms with Crippen molar-refractivity contribution in [3.05, 3.63) is 22.8 Å². The molecule has 3 aliphatic carbocycles. The molecule has 2 saturated carbocycles. The Hall–Kier alpha value is -3.19. The molecule has 3 unspecified atom stereocenters. The van der Waals surface area contributed by atoms with Crippen LogP contribution in [0.15, 0.2) is 6.07 Å². The SMILES string of the molecule is CN1CCC(NCc2cc(N(C)C)c3c(c2O)C(=O)C2C(=O)[C@]4(O)C(=O)C(C(N)=O)C(=O)C(N(C)C)[C@@H]4C[C@@H]2C3)CC1. The lowest BCUT2D eigenvalue weighted by atomic mass is 9.52. The number of nitrogens with two attached hydrogens (primary N) is 1. The number of ketones is 4. The summed E-state index contributed by atoms with van der Waals surface area (Å²) in [6, 6.07) is 0.994. The van der Waals surface area contributed by atoms with Crippen molar-refractivity contribution in [2.75, 3.05) is 53.2 Å². The molecule has 228 valence electrons. The van der Waals surface area contributed by atoms with E-state index in [1.165, 1.54) is 4.90 Å². The Labute approximate surface area is 245 Å². The van der Waals surface area contributed by atoms with Crippen LogP contribution < -0.4 is 16.0 Å². The summed E-state index contributed by atoms with van der Waals surface area (Å²) >= 11 is 0. The Kier molecular flexibility index (Phi) is 7.80. The van der Waals surface area contributed by atoms with Crippen molar-refractivity contribution in [2.45, 2.75) is 49.9 Å². The highest BCUT2D eigenvalue weighted by Gasteiger charge is 2.69. The minimum absolute atomic E-state index is 0.0213. The number of anilines is 1. The molecule has 42 heavy (non-hydrogen) atoms. The summed E-state index contributed by atoms with van der Waals surface area (Å²) in [5.41, 5.74) is 4.53. The smallest absolute Gasteiger partial charge is 0.235 e. The normalized spacial score (nSPS) is 32.0. The van der Waals surface area contributed by atoms with Gasteiger partial charge in [-0.2, -0.15) is 0 Å². The average molecular weight is 584 g/mol. The van der Waals surface area contributed by atoms with Crippen LogP contribution >= 0.6 is 0 Å². The molecule has 5 rings (SSSR count). The van der Waals surface area contributed by atoms with Gasteiger partial charge >= 0.3 is 0 Å². The molecule has 12 nitrogen and oxygen atoms in total. The minimum Gasteiger partial charge on any atom is -0.507 e. The largest absolute Gasteiger partial charge is 0.507 e. The van der Waals surface area contributed by atoms with Gasteiger partial charge in [0.25, 0.3) is 0 Å². The summed E-state index contributed by atoms with van der Waals surface area (Å²) in [6.45, 7) is 2.24. The van der Waals surface area contributed by atoms with Crippen LogP contribution in [0.2, 0.25) is 0 Å². The number of phenolic OH excluding ortho intramolecular Hbond substituents is 1. The molecular formula is C30H41N5O7. The first kappa shape index (κ1) is 30.3. The standard InChI is InChI=1S/C30H41N5O7/c1-33(2)19-12-15(13-32-16-6-8-35(5)9-7-16)24(36)21-17(19)10-14-11-18-23(34(3)4)26(38)22(29(31)41)28(40)30(18,42)27(39)20(14)25(21)37/h12,14,16,18,20,22-23,32,36,42H,6-11,13H2,1-5H3,(H2,31,41)/t14-,18-,20?,22?,23?,30-/m0/s1. The number of Topliss-reactive ketones (excluding diaryl/α,β-unsaturated/α-hetero) is 4. The third-order valence-corrected chi connectivity index (χ3v) is 9.90. The van der Waals surface area contributed by atoms with Crippen molar-refractivity contribution in [3.63, 3.8) is 0 Å². The van der Waals surface area contributed by atoms with Gasteiger partial charge in [-0.25, -0.2) is 0 Å². The first-order chi connectivity index (χ1) is 19.7. The third-order valence-electron chi connectivity index (χ3n) is 9.90. The quantitative estimate of drug-likeness (QED) is 0.306. The summed E-state index contributed by atoms with van der Waals surface area (Å²) in [4.78, 5) is 72.7. The minimum atomic E-state index is -2.73. The second kappa shape index (κ2) is 10.8. The van der Waals surface area contributed by atoms with Gasteiger partial charge in [0.2, 0.25) is 5.91 Å². The Bertz CT molecular complexity index is 1350. The molecule has 0 spiro atoms. The zero-order valence-corrected chi connectivity index (χ0v) is 24.8. The average Bonchev–Trinajstić information content (AvgIpc) is 2.90. The number of hydrogen-bond donors (Lipinski definition) is 4. The van der Waals surface area contributed by atoms with Crippen molar-refractivity contribution in [3.8, 4) is 5.75 Å². The lowest BCUT2D eigenvalue weighted by Crippen LogP contribution is -2.74. The van der Waals surface area contributed by atoms with Gasteiger partial charge < -0.3 is 31.1 Å². The highest BCUT2D eigenvalue weighted by Crippen LogP contribution is 2.52. The molecular weight excluding hydrogens is 542 g/mol. The maximum Gasteiger partial charge on any atom is 0.235 e. The molecule has 5 N–H and O–H groups in total. The van der Waals surface area contributed by atoms with E-state index in [1.807, 2.05) is 25.1 Å². The van der Waals surface area contributed by atoms with Gasteiger partial charge in [-0.05, 0) is 77.5 Å². The summed E-state index contributed by atoms with van der Waals surface area (Å²) in [5, 5.41) is 26.7. The second-order valence-corrected chi connectivity index (χ2v) is 12.9. The second-order valence-electron chi connectivity index (χ2n) is 12.9. The number of piperidine rings is 1. The van der Waals surface area contributed by atoms with Gasteiger partial charge in [-0.3, -0.25) is 28.9 Å². The Morgan fingerprint density at radius 1 is 1.12 bits per heavy atom. The first-order valence-corrected chi connectivity index (χ1v) is 14.5. The molecule has 1 heterocycles. The van der Waals surface area contributed by atoms with Gasteiger partial charge in [0.05, 0.1) is 17.5 Å². The number of amides is 1. The molecule has 0 aromatic heterocycles. The molecule has 0 radical (unpaired) electrons. The lowest BCUT2D eigenvalue weighted by Gasteiger charge is -2.52. The number of likely N-dealkylation sites (tertiary alicyclic amines) is 1. The maximum atomic E-state index is 14.2. The number of benzene rings is 1. The number of hydrogen-bond acceptors (Lipinski definition) is 11. The number of aromatic hydroxyl groups is 1. The van der Waals surface area contributed by atoms with Crippen LogP contribution in [0.3, 0.4) is 0 Å². The number of nitrogens with zero attached hydrogens (tertiary/aromatic N) is 3. The van der Waals surface area contributed by atoms with Crippen LogP contribution in [-0.4, -0.2) is 115 Å². The van der Waals surface area contributed by atoms with Crippen LogP contribution in [0.25, 0.3) is 0 Å². The number of phenols is 1. The highest BCUT2D eigenvalue weighted by molar-refractivity contribution is 6.32. The first-order valence-electron chi connectivity index (χ1n) is 14.5. The van der Waals surface area contributed by atoms with Crippen molar-refractivity contribution < 1.29 is 34.2 Å². The van der Waals surface area contributed by atoms with E-state index < -0.39 is 64.4 Å². The number of aliphatic hydroxyl groups is 1. The van der Waals surface area contributed by atoms with Crippen molar-refractivity contribution >= 4 is 34.7 Å². The Balaban J connectivity index is 1.55. The van der Waals surface area contributed by atoms with Crippen molar-refractivity contribution in [2.24, 2.45) is 29.4 Å². The molecule has 6 atom stereocenters. The fourth-order valence-electron chi connectivity index (χ4n) is 7.71. The number of primary amides is 1. The van der Waals surface area contributed by atoms with E-state index >= 15 is 0 Å². The molecule has 0 bridgehead atoms. The van der Waals surface area contributed by atoms with Gasteiger partial charge in [-0.1, -0.05) is 0 Å². The number of rotatable bonds is 6. The van der Waals surface area contributed by atoms with Crippen molar-refractivity contribution in [1.29, 1.82) is 0 Å². The summed E-state index contributed by atoms with van der Waals surface area (Å²) in [7, 11) is 8.89. The number of carbonyl (C=O) groups is 5. The van der Waals surface area contributed by atoms with E-state index in [0.717, 1.165) is 31.6 Å². The molecule has 3 fully saturated rings. The Morgan fingerprint density at radius 2 is 1.76 bits per heavy atom. The fraction of sp³-hybridized carbons (Fsp3) is 0.633. The zero-order valence-electron chi connectivity index (χ0n) is 24.8. The number of carbonyl (C=O) groups excluding carboxylic acids is 5. The topological polar surface area (TPSA) is 174 Å². The molecule has 1 aliphatic heterocycles. The Morgan fingerprint density at radius 3 is 2.33 bits per heavy atom. The monoisotopic (exact) mass is 583 g/mol. The predicted molar refractivity (Wildman–Crippen MR) is 153 cm³/mol. The molecule has 1 amide bonds. The van der Waals surface area contributed by atoms with E-state index in [2.05, 4.69) is 17.3 Å². The highest BCUT2D eigenvalue weighted by atomic mass is 16.3. The molecule has 1 aromatic carbocycles. The number of fused-ring (bicyclic) bond motifs is 3. The van der Waals surface area contributed by atoms with Crippen LogP contribution in [-0.2, 0) is 32.1 Å². The van der Waals surface area contributed by atoms with Gasteiger partial charge in [0.1, 0.15) is 5.75 Å². The predicted octanol–water partition coefficient (Wildman–Crippen LogP) is -0.883. The van der Waals surface area contributed by atoms with Crippen LogP contribution in [0.5, 0.6) is 5.75 Å². The molecule has 1 aromatic rings. The van der Waals surface area contributed by atoms with Gasteiger partial charge in [0, 0.05) is 43.9 Å². The number of likely N-dealkylation sites (N-methyl/N-ethyl adjacent to an activating group) is 1.